The van der Waals surface area contributed by atoms with Crippen molar-refractivity contribution in [2.24, 2.45) is 0 Å². The third-order valence-corrected chi connectivity index (χ3v) is 4.77. The van der Waals surface area contributed by atoms with Gasteiger partial charge in [0.05, 0.1) is 13.0 Å². The van der Waals surface area contributed by atoms with E-state index >= 15 is 0 Å². The number of amides is 3. The Morgan fingerprint density at radius 3 is 2.32 bits per heavy atom. The average molecular weight is 401 g/mol. The zero-order chi connectivity index (χ0) is 19.9. The number of benzene rings is 1. The molecule has 2 heterocycles. The van der Waals surface area contributed by atoms with Crippen LogP contribution in [-0.4, -0.2) is 65.2 Å². The molecule has 0 saturated carbocycles. The number of rotatable bonds is 5. The van der Waals surface area contributed by atoms with Crippen molar-refractivity contribution in [3.8, 4) is 0 Å². The maximum Gasteiger partial charge on any atom is 0.251 e. The van der Waals surface area contributed by atoms with Crippen LogP contribution in [0.5, 0.6) is 0 Å². The van der Waals surface area contributed by atoms with Crippen molar-refractivity contribution in [3.63, 3.8) is 0 Å². The van der Waals surface area contributed by atoms with E-state index in [1.165, 1.54) is 0 Å². The van der Waals surface area contributed by atoms with Gasteiger partial charge in [0.2, 0.25) is 11.8 Å². The lowest BCUT2D eigenvalue weighted by Crippen LogP contribution is -2.52. The molecular formula is C20H21ClN4O3. The Balaban J connectivity index is 1.43. The first kappa shape index (κ1) is 19.8. The van der Waals surface area contributed by atoms with Crippen molar-refractivity contribution in [2.45, 2.75) is 6.42 Å². The van der Waals surface area contributed by atoms with Gasteiger partial charge in [0.1, 0.15) is 0 Å². The van der Waals surface area contributed by atoms with Gasteiger partial charge in [-0.15, -0.1) is 0 Å². The Morgan fingerprint density at radius 2 is 1.68 bits per heavy atom. The summed E-state index contributed by atoms with van der Waals surface area (Å²) < 4.78 is 0. The largest absolute Gasteiger partial charge is 0.343 e. The molecule has 0 atom stereocenters. The minimum absolute atomic E-state index is 0.0000538. The van der Waals surface area contributed by atoms with Gasteiger partial charge in [-0.1, -0.05) is 23.7 Å². The van der Waals surface area contributed by atoms with E-state index in [0.29, 0.717) is 36.8 Å². The number of halogens is 1. The number of carbonyl (C=O) groups excluding carboxylic acids is 3. The maximum atomic E-state index is 12.4. The fraction of sp³-hybridized carbons (Fsp3) is 0.300. The number of pyridine rings is 1. The molecule has 1 fully saturated rings. The normalized spacial score (nSPS) is 13.9. The summed E-state index contributed by atoms with van der Waals surface area (Å²) in [6.45, 7) is 1.74. The Labute approximate surface area is 168 Å². The summed E-state index contributed by atoms with van der Waals surface area (Å²) in [5, 5.41) is 3.08. The molecule has 0 aliphatic carbocycles. The highest BCUT2D eigenvalue weighted by atomic mass is 35.5. The zero-order valence-electron chi connectivity index (χ0n) is 15.3. The van der Waals surface area contributed by atoms with E-state index in [2.05, 4.69) is 10.3 Å². The first-order chi connectivity index (χ1) is 13.5. The Bertz CT molecular complexity index is 852. The summed E-state index contributed by atoms with van der Waals surface area (Å²) in [6.07, 6.45) is 1.92. The van der Waals surface area contributed by atoms with Crippen molar-refractivity contribution in [3.05, 3.63) is 64.9 Å². The smallest absolute Gasteiger partial charge is 0.251 e. The number of hydrogen-bond donors (Lipinski definition) is 1. The van der Waals surface area contributed by atoms with Crippen molar-refractivity contribution >= 4 is 29.3 Å². The van der Waals surface area contributed by atoms with Gasteiger partial charge in [-0.3, -0.25) is 19.4 Å². The molecule has 1 aromatic carbocycles. The third kappa shape index (κ3) is 5.29. The maximum absolute atomic E-state index is 12.4. The van der Waals surface area contributed by atoms with Crippen LogP contribution in [-0.2, 0) is 16.0 Å². The quantitative estimate of drug-likeness (QED) is 0.822. The average Bonchev–Trinajstić information content (AvgIpc) is 2.72. The second-order valence-corrected chi connectivity index (χ2v) is 6.89. The number of nitrogens with one attached hydrogen (secondary N) is 1. The van der Waals surface area contributed by atoms with E-state index in [1.807, 2.05) is 18.2 Å². The highest BCUT2D eigenvalue weighted by molar-refractivity contribution is 6.30. The van der Waals surface area contributed by atoms with Crippen LogP contribution in [0.2, 0.25) is 5.02 Å². The summed E-state index contributed by atoms with van der Waals surface area (Å²) in [5.74, 6) is -0.521. The predicted octanol–water partition coefficient (Wildman–Crippen LogP) is 1.38. The number of piperazine rings is 1. The lowest BCUT2D eigenvalue weighted by Gasteiger charge is -2.34. The van der Waals surface area contributed by atoms with Crippen LogP contribution in [0.25, 0.3) is 0 Å². The lowest BCUT2D eigenvalue weighted by atomic mass is 10.2. The van der Waals surface area contributed by atoms with Crippen LogP contribution < -0.4 is 5.32 Å². The molecule has 0 spiro atoms. The molecule has 146 valence electrons. The molecule has 1 aliphatic rings. The Hall–Kier alpha value is -2.93. The highest BCUT2D eigenvalue weighted by Gasteiger charge is 2.24. The summed E-state index contributed by atoms with van der Waals surface area (Å²) in [6, 6.07) is 12.0. The third-order valence-electron chi connectivity index (χ3n) is 4.53. The van der Waals surface area contributed by atoms with Gasteiger partial charge in [-0.25, -0.2) is 0 Å². The van der Waals surface area contributed by atoms with Gasteiger partial charge in [-0.05, 0) is 30.3 Å². The Kier molecular flexibility index (Phi) is 6.60. The van der Waals surface area contributed by atoms with Crippen LogP contribution in [0.15, 0.2) is 48.7 Å². The first-order valence-corrected chi connectivity index (χ1v) is 9.40. The number of nitrogens with zero attached hydrogens (tertiary/aromatic N) is 3. The molecule has 0 unspecified atom stereocenters. The van der Waals surface area contributed by atoms with E-state index in [9.17, 15) is 14.4 Å². The first-order valence-electron chi connectivity index (χ1n) is 9.02. The standard InChI is InChI=1S/C20H21ClN4O3/c21-16-5-3-4-15(12-16)20(28)23-14-19(27)25-10-8-24(9-11-25)18(26)13-17-6-1-2-7-22-17/h1-7,12H,8-11,13-14H2,(H,23,28). The molecule has 1 aliphatic heterocycles. The molecule has 7 nitrogen and oxygen atoms in total. The molecule has 28 heavy (non-hydrogen) atoms. The second-order valence-electron chi connectivity index (χ2n) is 6.45. The van der Waals surface area contributed by atoms with Crippen LogP contribution in [0.1, 0.15) is 16.1 Å². The molecule has 1 saturated heterocycles. The van der Waals surface area contributed by atoms with Gasteiger partial charge in [-0.2, -0.15) is 0 Å². The number of carbonyl (C=O) groups is 3. The summed E-state index contributed by atoms with van der Waals surface area (Å²) in [7, 11) is 0. The Morgan fingerprint density at radius 1 is 0.964 bits per heavy atom. The lowest BCUT2D eigenvalue weighted by molar-refractivity contribution is -0.138. The molecule has 1 N–H and O–H groups in total. The second kappa shape index (κ2) is 9.32. The van der Waals surface area contributed by atoms with Gasteiger partial charge in [0.15, 0.2) is 0 Å². The molecule has 0 bridgehead atoms. The van der Waals surface area contributed by atoms with Crippen LogP contribution >= 0.6 is 11.6 Å². The van der Waals surface area contributed by atoms with Crippen LogP contribution in [0.3, 0.4) is 0 Å². The van der Waals surface area contributed by atoms with Gasteiger partial charge >= 0.3 is 0 Å². The van der Waals surface area contributed by atoms with Crippen molar-refractivity contribution in [1.29, 1.82) is 0 Å². The van der Waals surface area contributed by atoms with Crippen LogP contribution in [0, 0.1) is 0 Å². The van der Waals surface area contributed by atoms with Crippen molar-refractivity contribution < 1.29 is 14.4 Å². The number of aromatic nitrogens is 1. The van der Waals surface area contributed by atoms with Crippen molar-refractivity contribution in [1.82, 2.24) is 20.1 Å². The van der Waals surface area contributed by atoms with Crippen LogP contribution in [0.4, 0.5) is 0 Å². The highest BCUT2D eigenvalue weighted by Crippen LogP contribution is 2.10. The van der Waals surface area contributed by atoms with E-state index < -0.39 is 0 Å². The molecular weight excluding hydrogens is 380 g/mol. The monoisotopic (exact) mass is 400 g/mol. The fourth-order valence-electron chi connectivity index (χ4n) is 2.97. The minimum atomic E-state index is -0.347. The minimum Gasteiger partial charge on any atom is -0.343 e. The van der Waals surface area contributed by atoms with E-state index in [0.717, 1.165) is 5.69 Å². The molecule has 8 heteroatoms. The van der Waals surface area contributed by atoms with E-state index in [-0.39, 0.29) is 30.7 Å². The molecule has 3 amide bonds. The molecule has 2 aromatic rings. The van der Waals surface area contributed by atoms with Gasteiger partial charge < -0.3 is 15.1 Å². The molecule has 3 rings (SSSR count). The zero-order valence-corrected chi connectivity index (χ0v) is 16.1. The fourth-order valence-corrected chi connectivity index (χ4v) is 3.16. The summed E-state index contributed by atoms with van der Waals surface area (Å²) in [5.41, 5.74) is 1.14. The molecule has 0 radical (unpaired) electrons. The topological polar surface area (TPSA) is 82.6 Å². The summed E-state index contributed by atoms with van der Waals surface area (Å²) >= 11 is 5.87. The molecule has 1 aromatic heterocycles. The van der Waals surface area contributed by atoms with Crippen molar-refractivity contribution in [2.75, 3.05) is 32.7 Å². The van der Waals surface area contributed by atoms with Gasteiger partial charge in [0, 0.05) is 48.7 Å². The van der Waals surface area contributed by atoms with Gasteiger partial charge in [0.25, 0.3) is 5.91 Å². The summed E-state index contributed by atoms with van der Waals surface area (Å²) in [4.78, 5) is 44.4. The van der Waals surface area contributed by atoms with E-state index in [4.69, 9.17) is 11.6 Å². The SMILES string of the molecule is O=C(NCC(=O)N1CCN(C(=O)Cc2ccccn2)CC1)c1cccc(Cl)c1. The predicted molar refractivity (Wildman–Crippen MR) is 105 cm³/mol. The number of hydrogen-bond acceptors (Lipinski definition) is 4. The van der Waals surface area contributed by atoms with E-state index in [1.54, 1.807) is 40.3 Å².